The lowest BCUT2D eigenvalue weighted by Gasteiger charge is -2.30. The normalized spacial score (nSPS) is 21.3. The van der Waals surface area contributed by atoms with E-state index in [1.807, 2.05) is 24.3 Å². The Morgan fingerprint density at radius 3 is 2.38 bits per heavy atom. The van der Waals surface area contributed by atoms with E-state index in [-0.39, 0.29) is 18.5 Å². The van der Waals surface area contributed by atoms with E-state index in [2.05, 4.69) is 35.6 Å². The van der Waals surface area contributed by atoms with Crippen LogP contribution in [0, 0.1) is 0 Å². The summed E-state index contributed by atoms with van der Waals surface area (Å²) >= 11 is 0. The molecule has 3 nitrogen and oxygen atoms in total. The van der Waals surface area contributed by atoms with E-state index in [0.717, 1.165) is 30.9 Å². The van der Waals surface area contributed by atoms with Gasteiger partial charge in [-0.15, -0.1) is 12.4 Å². The highest BCUT2D eigenvalue weighted by Crippen LogP contribution is 2.26. The number of rotatable bonds is 3. The van der Waals surface area contributed by atoms with Crippen molar-refractivity contribution in [2.75, 3.05) is 18.8 Å². The van der Waals surface area contributed by atoms with Crippen molar-refractivity contribution >= 4 is 18.1 Å². The molecule has 1 aliphatic heterocycles. The number of hydrogen-bond acceptors (Lipinski definition) is 3. The first-order chi connectivity index (χ1) is 9.81. The molecule has 112 valence electrons. The molecule has 2 aromatic carbocycles. The summed E-state index contributed by atoms with van der Waals surface area (Å²) in [5, 5.41) is 3.47. The highest BCUT2D eigenvalue weighted by atomic mass is 35.5. The van der Waals surface area contributed by atoms with Gasteiger partial charge in [0.1, 0.15) is 11.9 Å². The number of nitrogens with one attached hydrogen (secondary N) is 1. The average Bonchev–Trinajstić information content (AvgIpc) is 2.51. The van der Waals surface area contributed by atoms with Crippen molar-refractivity contribution in [3.8, 4) is 5.75 Å². The summed E-state index contributed by atoms with van der Waals surface area (Å²) in [4.78, 5) is 0. The topological polar surface area (TPSA) is 47.3 Å². The summed E-state index contributed by atoms with van der Waals surface area (Å²) in [5.74, 6) is 1.41. The first-order valence-electron chi connectivity index (χ1n) is 7.09. The molecule has 3 N–H and O–H groups in total. The lowest BCUT2D eigenvalue weighted by atomic mass is 9.90. The van der Waals surface area contributed by atoms with Crippen LogP contribution in [0.25, 0.3) is 0 Å². The summed E-state index contributed by atoms with van der Waals surface area (Å²) in [7, 11) is 0. The molecule has 4 heteroatoms. The number of piperidine rings is 1. The minimum absolute atomic E-state index is 0. The summed E-state index contributed by atoms with van der Waals surface area (Å²) < 4.78 is 6.04. The molecule has 1 saturated heterocycles. The van der Waals surface area contributed by atoms with Gasteiger partial charge >= 0.3 is 0 Å². The van der Waals surface area contributed by atoms with Crippen LogP contribution in [0.4, 0.5) is 5.69 Å². The Morgan fingerprint density at radius 1 is 0.952 bits per heavy atom. The standard InChI is InChI=1S/C17H20N2O.ClH/c18-15-6-8-16(9-7-15)20-17-10-14(11-19-12-17)13-4-2-1-3-5-13;/h1-9,14,17,19H,10-12,18H2;1H. The molecule has 1 fully saturated rings. The van der Waals surface area contributed by atoms with E-state index in [1.165, 1.54) is 5.56 Å². The quantitative estimate of drug-likeness (QED) is 0.856. The molecule has 3 rings (SSSR count). The van der Waals surface area contributed by atoms with Crippen LogP contribution in [0.2, 0.25) is 0 Å². The highest BCUT2D eigenvalue weighted by Gasteiger charge is 2.24. The molecular weight excluding hydrogens is 284 g/mol. The van der Waals surface area contributed by atoms with Gasteiger partial charge in [0.05, 0.1) is 0 Å². The number of hydrogen-bond donors (Lipinski definition) is 2. The first-order valence-corrected chi connectivity index (χ1v) is 7.09. The van der Waals surface area contributed by atoms with Crippen LogP contribution >= 0.6 is 12.4 Å². The highest BCUT2D eigenvalue weighted by molar-refractivity contribution is 5.85. The van der Waals surface area contributed by atoms with Gasteiger partial charge in [0, 0.05) is 18.8 Å². The van der Waals surface area contributed by atoms with Crippen LogP contribution in [0.15, 0.2) is 54.6 Å². The average molecular weight is 305 g/mol. The molecule has 2 unspecified atom stereocenters. The number of anilines is 1. The molecule has 2 atom stereocenters. The van der Waals surface area contributed by atoms with Gasteiger partial charge < -0.3 is 15.8 Å². The van der Waals surface area contributed by atoms with Crippen molar-refractivity contribution in [1.29, 1.82) is 0 Å². The molecule has 1 aliphatic rings. The van der Waals surface area contributed by atoms with Gasteiger partial charge in [0.25, 0.3) is 0 Å². The Labute approximate surface area is 131 Å². The summed E-state index contributed by atoms with van der Waals surface area (Å²) in [6.45, 7) is 1.92. The molecule has 0 radical (unpaired) electrons. The van der Waals surface area contributed by atoms with Gasteiger partial charge in [0.15, 0.2) is 0 Å². The van der Waals surface area contributed by atoms with Gasteiger partial charge in [-0.2, -0.15) is 0 Å². The van der Waals surface area contributed by atoms with Gasteiger partial charge in [-0.1, -0.05) is 30.3 Å². The fourth-order valence-corrected chi connectivity index (χ4v) is 2.71. The smallest absolute Gasteiger partial charge is 0.119 e. The number of halogens is 1. The number of benzene rings is 2. The Hall–Kier alpha value is -1.71. The third-order valence-electron chi connectivity index (χ3n) is 3.76. The third kappa shape index (κ3) is 4.13. The molecule has 0 bridgehead atoms. The largest absolute Gasteiger partial charge is 0.489 e. The van der Waals surface area contributed by atoms with E-state index in [9.17, 15) is 0 Å². The first kappa shape index (κ1) is 15.7. The molecule has 0 aliphatic carbocycles. The predicted molar refractivity (Wildman–Crippen MR) is 89.2 cm³/mol. The molecule has 1 heterocycles. The number of ether oxygens (including phenoxy) is 1. The van der Waals surface area contributed by atoms with Crippen LogP contribution in [-0.4, -0.2) is 19.2 Å². The Bertz CT molecular complexity index is 544. The van der Waals surface area contributed by atoms with Crippen molar-refractivity contribution in [3.05, 3.63) is 60.2 Å². The summed E-state index contributed by atoms with van der Waals surface area (Å²) in [6, 6.07) is 18.3. The fourth-order valence-electron chi connectivity index (χ4n) is 2.71. The van der Waals surface area contributed by atoms with Crippen LogP contribution in [0.3, 0.4) is 0 Å². The zero-order chi connectivity index (χ0) is 13.8. The van der Waals surface area contributed by atoms with E-state index >= 15 is 0 Å². The van der Waals surface area contributed by atoms with Crippen molar-refractivity contribution < 1.29 is 4.74 Å². The zero-order valence-corrected chi connectivity index (χ0v) is 12.7. The van der Waals surface area contributed by atoms with Crippen molar-refractivity contribution in [3.63, 3.8) is 0 Å². The summed E-state index contributed by atoms with van der Waals surface area (Å²) in [6.07, 6.45) is 1.25. The second kappa shape index (κ2) is 7.34. The van der Waals surface area contributed by atoms with Crippen LogP contribution in [0.1, 0.15) is 17.9 Å². The zero-order valence-electron chi connectivity index (χ0n) is 11.9. The second-order valence-corrected chi connectivity index (χ2v) is 5.31. The van der Waals surface area contributed by atoms with E-state index in [1.54, 1.807) is 0 Å². The SMILES string of the molecule is Cl.Nc1ccc(OC2CNCC(c3ccccc3)C2)cc1. The Balaban J connectivity index is 0.00000161. The molecule has 21 heavy (non-hydrogen) atoms. The van der Waals surface area contributed by atoms with Crippen LogP contribution < -0.4 is 15.8 Å². The van der Waals surface area contributed by atoms with Crippen molar-refractivity contribution in [2.45, 2.75) is 18.4 Å². The minimum Gasteiger partial charge on any atom is -0.489 e. The number of nitrogens with two attached hydrogens (primary N) is 1. The molecule has 0 saturated carbocycles. The van der Waals surface area contributed by atoms with Gasteiger partial charge in [0.2, 0.25) is 0 Å². The van der Waals surface area contributed by atoms with Crippen LogP contribution in [0.5, 0.6) is 5.75 Å². The molecule has 0 amide bonds. The summed E-state index contributed by atoms with van der Waals surface area (Å²) in [5.41, 5.74) is 7.84. The lowest BCUT2D eigenvalue weighted by molar-refractivity contribution is 0.156. The molecule has 2 aromatic rings. The minimum atomic E-state index is 0. The van der Waals surface area contributed by atoms with E-state index in [0.29, 0.717) is 5.92 Å². The van der Waals surface area contributed by atoms with Gasteiger partial charge in [-0.05, 0) is 42.2 Å². The van der Waals surface area contributed by atoms with E-state index in [4.69, 9.17) is 10.5 Å². The van der Waals surface area contributed by atoms with E-state index < -0.39 is 0 Å². The Kier molecular flexibility index (Phi) is 5.48. The monoisotopic (exact) mass is 304 g/mol. The lowest BCUT2D eigenvalue weighted by Crippen LogP contribution is -2.41. The van der Waals surface area contributed by atoms with Crippen molar-refractivity contribution in [1.82, 2.24) is 5.32 Å². The molecular formula is C17H21ClN2O. The fraction of sp³-hybridized carbons (Fsp3) is 0.294. The third-order valence-corrected chi connectivity index (χ3v) is 3.76. The van der Waals surface area contributed by atoms with Gasteiger partial charge in [-0.25, -0.2) is 0 Å². The van der Waals surface area contributed by atoms with Crippen molar-refractivity contribution in [2.24, 2.45) is 0 Å². The maximum Gasteiger partial charge on any atom is 0.119 e. The maximum absolute atomic E-state index is 6.04. The molecule has 0 spiro atoms. The van der Waals surface area contributed by atoms with Crippen LogP contribution in [-0.2, 0) is 0 Å². The second-order valence-electron chi connectivity index (χ2n) is 5.31. The molecule has 0 aromatic heterocycles. The van der Waals surface area contributed by atoms with Gasteiger partial charge in [-0.3, -0.25) is 0 Å². The Morgan fingerprint density at radius 2 is 1.67 bits per heavy atom. The number of nitrogen functional groups attached to an aromatic ring is 1. The maximum atomic E-state index is 6.04. The predicted octanol–water partition coefficient (Wildman–Crippen LogP) is 3.22.